The number of anilines is 2. The Hall–Kier alpha value is -1.78. The number of rotatable bonds is 3. The number of hydrogen-bond donors (Lipinski definition) is 3. The van der Waals surface area contributed by atoms with Gasteiger partial charge < -0.3 is 16.2 Å². The lowest BCUT2D eigenvalue weighted by molar-refractivity contribution is 0.0697. The van der Waals surface area contributed by atoms with E-state index in [9.17, 15) is 4.79 Å². The SMILES string of the molecule is Nc1cnc(NC2CC2)c(C(=O)O)c1. The van der Waals surface area contributed by atoms with Crippen molar-refractivity contribution in [2.45, 2.75) is 18.9 Å². The first kappa shape index (κ1) is 8.80. The summed E-state index contributed by atoms with van der Waals surface area (Å²) in [6.45, 7) is 0. The molecule has 0 bridgehead atoms. The van der Waals surface area contributed by atoms with Crippen LogP contribution in [0, 0.1) is 0 Å². The monoisotopic (exact) mass is 193 g/mol. The van der Waals surface area contributed by atoms with Gasteiger partial charge >= 0.3 is 5.97 Å². The summed E-state index contributed by atoms with van der Waals surface area (Å²) in [6.07, 6.45) is 3.60. The highest BCUT2D eigenvalue weighted by atomic mass is 16.4. The molecule has 1 aliphatic rings. The molecule has 74 valence electrons. The van der Waals surface area contributed by atoms with Gasteiger partial charge in [0.25, 0.3) is 0 Å². The summed E-state index contributed by atoms with van der Waals surface area (Å²) in [5.74, 6) is -0.595. The van der Waals surface area contributed by atoms with Crippen LogP contribution in [0.5, 0.6) is 0 Å². The Morgan fingerprint density at radius 1 is 1.64 bits per heavy atom. The Balaban J connectivity index is 2.31. The van der Waals surface area contributed by atoms with E-state index < -0.39 is 5.97 Å². The van der Waals surface area contributed by atoms with Gasteiger partial charge in [0.2, 0.25) is 0 Å². The van der Waals surface area contributed by atoms with Crippen LogP contribution in [0.25, 0.3) is 0 Å². The van der Waals surface area contributed by atoms with Gasteiger partial charge in [-0.25, -0.2) is 9.78 Å². The van der Waals surface area contributed by atoms with Gasteiger partial charge in [-0.05, 0) is 18.9 Å². The lowest BCUT2D eigenvalue weighted by Crippen LogP contribution is -2.10. The minimum Gasteiger partial charge on any atom is -0.478 e. The maximum absolute atomic E-state index is 10.8. The number of carboxylic acids is 1. The fourth-order valence-electron chi connectivity index (χ4n) is 1.18. The molecule has 0 atom stereocenters. The molecule has 0 spiro atoms. The molecule has 2 rings (SSSR count). The Morgan fingerprint density at radius 3 is 2.93 bits per heavy atom. The number of nitrogen functional groups attached to an aromatic ring is 1. The van der Waals surface area contributed by atoms with Crippen LogP contribution in [0.3, 0.4) is 0 Å². The zero-order chi connectivity index (χ0) is 10.1. The van der Waals surface area contributed by atoms with Crippen LogP contribution in [0.15, 0.2) is 12.3 Å². The predicted molar refractivity (Wildman–Crippen MR) is 52.3 cm³/mol. The van der Waals surface area contributed by atoms with Crippen LogP contribution in [-0.2, 0) is 0 Å². The van der Waals surface area contributed by atoms with Gasteiger partial charge in [-0.3, -0.25) is 0 Å². The van der Waals surface area contributed by atoms with Crippen LogP contribution in [0.4, 0.5) is 11.5 Å². The van der Waals surface area contributed by atoms with Crippen molar-refractivity contribution in [2.24, 2.45) is 0 Å². The van der Waals surface area contributed by atoms with Gasteiger partial charge in [-0.2, -0.15) is 0 Å². The van der Waals surface area contributed by atoms with Gasteiger partial charge in [0.1, 0.15) is 11.4 Å². The first-order chi connectivity index (χ1) is 6.66. The number of pyridine rings is 1. The minimum atomic E-state index is -1.01. The third-order valence-corrected chi connectivity index (χ3v) is 2.06. The lowest BCUT2D eigenvalue weighted by atomic mass is 10.2. The highest BCUT2D eigenvalue weighted by molar-refractivity contribution is 5.94. The molecule has 0 aliphatic heterocycles. The maximum atomic E-state index is 10.8. The molecular weight excluding hydrogens is 182 g/mol. The number of nitrogens with one attached hydrogen (secondary N) is 1. The van der Waals surface area contributed by atoms with E-state index in [0.29, 0.717) is 17.5 Å². The summed E-state index contributed by atoms with van der Waals surface area (Å²) < 4.78 is 0. The number of carboxylic acid groups (broad SMARTS) is 1. The van der Waals surface area contributed by atoms with E-state index in [1.165, 1.54) is 12.3 Å². The third kappa shape index (κ3) is 1.76. The molecule has 1 aliphatic carbocycles. The van der Waals surface area contributed by atoms with Gasteiger partial charge in [-0.15, -0.1) is 0 Å². The Morgan fingerprint density at radius 2 is 2.36 bits per heavy atom. The molecule has 0 aromatic carbocycles. The molecule has 0 saturated heterocycles. The molecule has 1 aromatic rings. The van der Waals surface area contributed by atoms with Gasteiger partial charge in [-0.1, -0.05) is 0 Å². The van der Waals surface area contributed by atoms with Crippen molar-refractivity contribution in [2.75, 3.05) is 11.1 Å². The molecule has 1 saturated carbocycles. The Kier molecular flexibility index (Phi) is 1.99. The zero-order valence-corrected chi connectivity index (χ0v) is 7.53. The largest absolute Gasteiger partial charge is 0.478 e. The summed E-state index contributed by atoms with van der Waals surface area (Å²) >= 11 is 0. The highest BCUT2D eigenvalue weighted by Crippen LogP contribution is 2.26. The molecule has 5 heteroatoms. The summed E-state index contributed by atoms with van der Waals surface area (Å²) in [5, 5.41) is 11.9. The van der Waals surface area contributed by atoms with Gasteiger partial charge in [0.15, 0.2) is 0 Å². The number of hydrogen-bond acceptors (Lipinski definition) is 4. The van der Waals surface area contributed by atoms with Crippen LogP contribution in [0.1, 0.15) is 23.2 Å². The van der Waals surface area contributed by atoms with Gasteiger partial charge in [0, 0.05) is 6.04 Å². The van der Waals surface area contributed by atoms with Crippen molar-refractivity contribution < 1.29 is 9.90 Å². The van der Waals surface area contributed by atoms with Crippen molar-refractivity contribution in [1.82, 2.24) is 4.98 Å². The fraction of sp³-hybridized carbons (Fsp3) is 0.333. The van der Waals surface area contributed by atoms with E-state index in [-0.39, 0.29) is 5.56 Å². The lowest BCUT2D eigenvalue weighted by Gasteiger charge is -2.07. The van der Waals surface area contributed by atoms with E-state index in [1.54, 1.807) is 0 Å². The summed E-state index contributed by atoms with van der Waals surface area (Å²) in [7, 11) is 0. The Bertz CT molecular complexity index is 374. The van der Waals surface area contributed by atoms with Crippen molar-refractivity contribution in [1.29, 1.82) is 0 Å². The summed E-state index contributed by atoms with van der Waals surface area (Å²) in [4.78, 5) is 14.8. The predicted octanol–water partition coefficient (Wildman–Crippen LogP) is 0.936. The maximum Gasteiger partial charge on any atom is 0.339 e. The third-order valence-electron chi connectivity index (χ3n) is 2.06. The second-order valence-corrected chi connectivity index (χ2v) is 3.39. The Labute approximate surface area is 81.0 Å². The quantitative estimate of drug-likeness (QED) is 0.664. The standard InChI is InChI=1S/C9H11N3O2/c10-5-3-7(9(13)14)8(11-4-5)12-6-1-2-6/h3-4,6H,1-2,10H2,(H,11,12)(H,13,14). The first-order valence-electron chi connectivity index (χ1n) is 4.42. The van der Waals surface area contributed by atoms with Crippen molar-refractivity contribution in [3.63, 3.8) is 0 Å². The van der Waals surface area contributed by atoms with E-state index in [1.807, 2.05) is 0 Å². The van der Waals surface area contributed by atoms with Crippen molar-refractivity contribution in [3.8, 4) is 0 Å². The second kappa shape index (κ2) is 3.17. The summed E-state index contributed by atoms with van der Waals surface area (Å²) in [6, 6.07) is 1.80. The normalized spacial score (nSPS) is 15.1. The topological polar surface area (TPSA) is 88.2 Å². The zero-order valence-electron chi connectivity index (χ0n) is 7.53. The smallest absolute Gasteiger partial charge is 0.339 e. The van der Waals surface area contributed by atoms with Crippen LogP contribution in [-0.4, -0.2) is 22.1 Å². The highest BCUT2D eigenvalue weighted by Gasteiger charge is 2.23. The molecule has 1 heterocycles. The molecule has 5 nitrogen and oxygen atoms in total. The number of aromatic nitrogens is 1. The van der Waals surface area contributed by atoms with Crippen molar-refractivity contribution in [3.05, 3.63) is 17.8 Å². The van der Waals surface area contributed by atoms with Crippen LogP contribution >= 0.6 is 0 Å². The van der Waals surface area contributed by atoms with E-state index in [4.69, 9.17) is 10.8 Å². The number of nitrogens with two attached hydrogens (primary N) is 1. The first-order valence-corrected chi connectivity index (χ1v) is 4.42. The van der Waals surface area contributed by atoms with Crippen molar-refractivity contribution >= 4 is 17.5 Å². The number of nitrogens with zero attached hydrogens (tertiary/aromatic N) is 1. The van der Waals surface area contributed by atoms with E-state index in [2.05, 4.69) is 10.3 Å². The average Bonchev–Trinajstić information content (AvgIpc) is 2.91. The number of carbonyl (C=O) groups is 1. The van der Waals surface area contributed by atoms with Crippen LogP contribution < -0.4 is 11.1 Å². The fourth-order valence-corrected chi connectivity index (χ4v) is 1.18. The average molecular weight is 193 g/mol. The van der Waals surface area contributed by atoms with E-state index in [0.717, 1.165) is 12.8 Å². The van der Waals surface area contributed by atoms with E-state index >= 15 is 0 Å². The molecule has 14 heavy (non-hydrogen) atoms. The molecule has 1 aromatic heterocycles. The summed E-state index contributed by atoms with van der Waals surface area (Å²) in [5.41, 5.74) is 5.96. The molecule has 0 amide bonds. The van der Waals surface area contributed by atoms with Crippen LogP contribution in [0.2, 0.25) is 0 Å². The molecule has 0 radical (unpaired) electrons. The molecule has 1 fully saturated rings. The molecular formula is C9H11N3O2. The number of aromatic carboxylic acids is 1. The molecule has 0 unspecified atom stereocenters. The minimum absolute atomic E-state index is 0.136. The molecule has 4 N–H and O–H groups in total. The second-order valence-electron chi connectivity index (χ2n) is 3.39. The van der Waals surface area contributed by atoms with Gasteiger partial charge in [0.05, 0.1) is 11.9 Å².